The summed E-state index contributed by atoms with van der Waals surface area (Å²) in [6.45, 7) is 1.82. The summed E-state index contributed by atoms with van der Waals surface area (Å²) in [7, 11) is 0. The third kappa shape index (κ3) is 5.07. The summed E-state index contributed by atoms with van der Waals surface area (Å²) >= 11 is 0. The Labute approximate surface area is 165 Å². The van der Waals surface area contributed by atoms with E-state index in [1.54, 1.807) is 12.1 Å². The molecule has 1 amide bonds. The van der Waals surface area contributed by atoms with Gasteiger partial charge in [0, 0.05) is 5.69 Å². The van der Waals surface area contributed by atoms with Crippen molar-refractivity contribution < 1.29 is 14.3 Å². The fraction of sp³-hybridized carbons (Fsp3) is 0.167. The molecule has 0 fully saturated rings. The Balaban J connectivity index is 1.67. The van der Waals surface area contributed by atoms with Crippen LogP contribution in [0.4, 0.5) is 5.69 Å². The highest BCUT2D eigenvalue weighted by atomic mass is 16.5. The molecule has 1 atom stereocenters. The van der Waals surface area contributed by atoms with Gasteiger partial charge in [-0.15, -0.1) is 0 Å². The molecule has 1 unspecified atom stereocenters. The van der Waals surface area contributed by atoms with E-state index in [9.17, 15) is 9.59 Å². The van der Waals surface area contributed by atoms with E-state index in [1.165, 1.54) is 0 Å². The first-order chi connectivity index (χ1) is 13.7. The normalized spacial score (nSPS) is 11.5. The minimum Gasteiger partial charge on any atom is -0.452 e. The molecule has 28 heavy (non-hydrogen) atoms. The summed E-state index contributed by atoms with van der Waals surface area (Å²) in [4.78, 5) is 25.0. The van der Waals surface area contributed by atoms with E-state index in [-0.39, 0.29) is 12.3 Å². The zero-order valence-electron chi connectivity index (χ0n) is 15.8. The van der Waals surface area contributed by atoms with Crippen LogP contribution in [-0.2, 0) is 20.7 Å². The number of anilines is 1. The highest BCUT2D eigenvalue weighted by Gasteiger charge is 2.22. The second-order valence-corrected chi connectivity index (χ2v) is 6.44. The van der Waals surface area contributed by atoms with Crippen molar-refractivity contribution in [2.45, 2.75) is 25.9 Å². The molecular weight excluding hydrogens is 350 g/mol. The van der Waals surface area contributed by atoms with Crippen LogP contribution in [0.3, 0.4) is 0 Å². The molecule has 3 rings (SSSR count). The highest BCUT2D eigenvalue weighted by Crippen LogP contribution is 2.24. The third-order valence-corrected chi connectivity index (χ3v) is 4.42. The van der Waals surface area contributed by atoms with E-state index in [0.717, 1.165) is 16.7 Å². The van der Waals surface area contributed by atoms with Gasteiger partial charge in [0.2, 0.25) is 0 Å². The lowest BCUT2D eigenvalue weighted by Gasteiger charge is -2.17. The largest absolute Gasteiger partial charge is 0.452 e. The molecule has 0 aliphatic rings. The summed E-state index contributed by atoms with van der Waals surface area (Å²) in [6.07, 6.45) is -0.304. The lowest BCUT2D eigenvalue weighted by atomic mass is 9.98. The van der Waals surface area contributed by atoms with Crippen molar-refractivity contribution in [2.24, 2.45) is 0 Å². The van der Waals surface area contributed by atoms with E-state index in [1.807, 2.05) is 79.7 Å². The monoisotopic (exact) mass is 373 g/mol. The van der Waals surface area contributed by atoms with Gasteiger partial charge >= 0.3 is 5.97 Å². The van der Waals surface area contributed by atoms with Crippen LogP contribution in [0.2, 0.25) is 0 Å². The molecule has 0 aliphatic carbocycles. The molecule has 0 aromatic heterocycles. The van der Waals surface area contributed by atoms with Crippen molar-refractivity contribution in [3.8, 4) is 11.1 Å². The van der Waals surface area contributed by atoms with Gasteiger partial charge in [-0.05, 0) is 35.2 Å². The Morgan fingerprint density at radius 3 is 2.14 bits per heavy atom. The fourth-order valence-electron chi connectivity index (χ4n) is 3.00. The number of carbonyl (C=O) groups is 2. The predicted molar refractivity (Wildman–Crippen MR) is 111 cm³/mol. The number of ether oxygens (including phenoxy) is 1. The van der Waals surface area contributed by atoms with E-state index in [4.69, 9.17) is 4.74 Å². The van der Waals surface area contributed by atoms with Crippen molar-refractivity contribution in [3.63, 3.8) is 0 Å². The molecule has 3 aromatic carbocycles. The minimum absolute atomic E-state index is 0.111. The molecule has 3 aromatic rings. The minimum atomic E-state index is -0.823. The van der Waals surface area contributed by atoms with E-state index in [2.05, 4.69) is 5.32 Å². The van der Waals surface area contributed by atoms with Gasteiger partial charge in [-0.1, -0.05) is 79.7 Å². The first kappa shape index (κ1) is 19.4. The van der Waals surface area contributed by atoms with Crippen LogP contribution >= 0.6 is 0 Å². The summed E-state index contributed by atoms with van der Waals surface area (Å²) in [5.74, 6) is -0.739. The molecule has 0 saturated heterocycles. The lowest BCUT2D eigenvalue weighted by molar-refractivity contribution is -0.153. The number of rotatable bonds is 7. The zero-order valence-corrected chi connectivity index (χ0v) is 15.8. The number of esters is 1. The maximum atomic E-state index is 12.5. The van der Waals surface area contributed by atoms with Crippen LogP contribution < -0.4 is 5.32 Å². The summed E-state index contributed by atoms with van der Waals surface area (Å²) < 4.78 is 5.48. The number of hydrogen-bond acceptors (Lipinski definition) is 3. The second kappa shape index (κ2) is 9.51. The van der Waals surface area contributed by atoms with Crippen molar-refractivity contribution in [1.29, 1.82) is 0 Å². The molecule has 0 spiro atoms. The fourth-order valence-corrected chi connectivity index (χ4v) is 3.00. The molecule has 0 radical (unpaired) electrons. The summed E-state index contributed by atoms with van der Waals surface area (Å²) in [6, 6.07) is 26.8. The first-order valence-corrected chi connectivity index (χ1v) is 9.36. The molecule has 142 valence electrons. The van der Waals surface area contributed by atoms with Crippen molar-refractivity contribution in [1.82, 2.24) is 0 Å². The topological polar surface area (TPSA) is 55.4 Å². The molecule has 0 aliphatic heterocycles. The average molecular weight is 373 g/mol. The molecule has 0 bridgehead atoms. The molecule has 0 heterocycles. The first-order valence-electron chi connectivity index (χ1n) is 9.36. The Kier molecular flexibility index (Phi) is 6.58. The Morgan fingerprint density at radius 1 is 0.857 bits per heavy atom. The zero-order chi connectivity index (χ0) is 19.8. The van der Waals surface area contributed by atoms with E-state index < -0.39 is 12.1 Å². The number of benzene rings is 3. The number of carbonyl (C=O) groups excluding carboxylic acids is 2. The van der Waals surface area contributed by atoms with Gasteiger partial charge in [-0.25, -0.2) is 0 Å². The quantitative estimate of drug-likeness (QED) is 0.602. The molecule has 4 nitrogen and oxygen atoms in total. The second-order valence-electron chi connectivity index (χ2n) is 6.44. The van der Waals surface area contributed by atoms with Crippen LogP contribution in [-0.4, -0.2) is 18.0 Å². The highest BCUT2D eigenvalue weighted by molar-refractivity contribution is 5.95. The molecular formula is C24H23NO3. The molecule has 1 N–H and O–H groups in total. The number of amides is 1. The van der Waals surface area contributed by atoms with E-state index >= 15 is 0 Å². The average Bonchev–Trinajstić information content (AvgIpc) is 2.73. The summed E-state index contributed by atoms with van der Waals surface area (Å²) in [5.41, 5.74) is 3.58. The van der Waals surface area contributed by atoms with Gasteiger partial charge in [0.05, 0.1) is 6.42 Å². The predicted octanol–water partition coefficient (Wildman–Crippen LogP) is 4.86. The maximum Gasteiger partial charge on any atom is 0.311 e. The SMILES string of the molecule is CCC(OC(=O)Cc1ccccc1-c1ccccc1)C(=O)Nc1ccccc1. The number of para-hydroxylation sites is 1. The Morgan fingerprint density at radius 2 is 1.46 bits per heavy atom. The lowest BCUT2D eigenvalue weighted by Crippen LogP contribution is -2.32. The Hall–Kier alpha value is -3.40. The summed E-state index contributed by atoms with van der Waals surface area (Å²) in [5, 5.41) is 2.78. The van der Waals surface area contributed by atoms with Crippen molar-refractivity contribution in [2.75, 3.05) is 5.32 Å². The van der Waals surface area contributed by atoms with Gasteiger partial charge in [-0.2, -0.15) is 0 Å². The third-order valence-electron chi connectivity index (χ3n) is 4.42. The van der Waals surface area contributed by atoms with Gasteiger partial charge in [0.1, 0.15) is 0 Å². The number of nitrogens with one attached hydrogen (secondary N) is 1. The number of hydrogen-bond donors (Lipinski definition) is 1. The van der Waals surface area contributed by atoms with Crippen LogP contribution in [0.5, 0.6) is 0 Å². The van der Waals surface area contributed by atoms with Gasteiger partial charge < -0.3 is 10.1 Å². The van der Waals surface area contributed by atoms with Crippen molar-refractivity contribution >= 4 is 17.6 Å². The Bertz CT molecular complexity index is 923. The van der Waals surface area contributed by atoms with Crippen LogP contribution in [0, 0.1) is 0 Å². The molecule has 0 saturated carbocycles. The van der Waals surface area contributed by atoms with Gasteiger partial charge in [0.15, 0.2) is 6.10 Å². The van der Waals surface area contributed by atoms with Crippen LogP contribution in [0.15, 0.2) is 84.9 Å². The van der Waals surface area contributed by atoms with Gasteiger partial charge in [-0.3, -0.25) is 9.59 Å². The maximum absolute atomic E-state index is 12.5. The molecule has 4 heteroatoms. The van der Waals surface area contributed by atoms with Crippen LogP contribution in [0.1, 0.15) is 18.9 Å². The van der Waals surface area contributed by atoms with Crippen LogP contribution in [0.25, 0.3) is 11.1 Å². The van der Waals surface area contributed by atoms with E-state index in [0.29, 0.717) is 12.1 Å². The smallest absolute Gasteiger partial charge is 0.311 e. The van der Waals surface area contributed by atoms with Gasteiger partial charge in [0.25, 0.3) is 5.91 Å². The standard InChI is InChI=1S/C24H23NO3/c1-2-22(24(27)25-20-14-7-4-8-15-20)28-23(26)17-19-13-9-10-16-21(19)18-11-5-3-6-12-18/h3-16,22H,2,17H2,1H3,(H,25,27). The van der Waals surface area contributed by atoms with Crippen molar-refractivity contribution in [3.05, 3.63) is 90.5 Å².